The van der Waals surface area contributed by atoms with Gasteiger partial charge >= 0.3 is 6.18 Å². The van der Waals surface area contributed by atoms with Crippen LogP contribution < -0.4 is 10.1 Å². The first-order valence-electron chi connectivity index (χ1n) is 14.7. The molecule has 1 aliphatic heterocycles. The smallest absolute Gasteiger partial charge is 0.416 e. The van der Waals surface area contributed by atoms with Gasteiger partial charge in [0.15, 0.2) is 0 Å². The van der Waals surface area contributed by atoms with Crippen molar-refractivity contribution in [3.05, 3.63) is 120 Å². The van der Waals surface area contributed by atoms with E-state index in [1.54, 1.807) is 24.5 Å². The Hall–Kier alpha value is -4.17. The monoisotopic (exact) mass is 587 g/mol. The Balaban J connectivity index is 1.13. The lowest BCUT2D eigenvalue weighted by Crippen LogP contribution is -2.43. The van der Waals surface area contributed by atoms with Gasteiger partial charge in [-0.15, -0.1) is 0 Å². The van der Waals surface area contributed by atoms with Crippen molar-refractivity contribution < 1.29 is 22.7 Å². The molecule has 1 aliphatic rings. The molecule has 224 valence electrons. The van der Waals surface area contributed by atoms with Crippen LogP contribution in [0.25, 0.3) is 11.1 Å². The van der Waals surface area contributed by atoms with Crippen LogP contribution >= 0.6 is 0 Å². The fourth-order valence-corrected chi connectivity index (χ4v) is 5.64. The van der Waals surface area contributed by atoms with E-state index in [1.807, 2.05) is 66.7 Å². The second-order valence-corrected chi connectivity index (χ2v) is 11.1. The zero-order valence-electron chi connectivity index (χ0n) is 24.1. The number of para-hydroxylation sites is 1. The third-order valence-corrected chi connectivity index (χ3v) is 8.21. The molecule has 0 radical (unpaired) electrons. The molecule has 2 atom stereocenters. The van der Waals surface area contributed by atoms with Crippen LogP contribution in [0.5, 0.6) is 5.75 Å². The van der Waals surface area contributed by atoms with Crippen LogP contribution in [0.3, 0.4) is 0 Å². The van der Waals surface area contributed by atoms with Crippen LogP contribution in [0.15, 0.2) is 103 Å². The van der Waals surface area contributed by atoms with Crippen LogP contribution in [0.4, 0.5) is 13.2 Å². The molecule has 0 saturated carbocycles. The van der Waals surface area contributed by atoms with E-state index in [1.165, 1.54) is 0 Å². The molecule has 0 spiro atoms. The Morgan fingerprint density at radius 3 is 2.16 bits per heavy atom. The van der Waals surface area contributed by atoms with E-state index in [-0.39, 0.29) is 24.0 Å². The molecule has 1 saturated heterocycles. The van der Waals surface area contributed by atoms with Crippen LogP contribution in [0, 0.1) is 5.92 Å². The summed E-state index contributed by atoms with van der Waals surface area (Å²) in [7, 11) is 0. The van der Waals surface area contributed by atoms with Crippen molar-refractivity contribution in [2.75, 3.05) is 19.6 Å². The molecule has 1 fully saturated rings. The number of nitrogens with one attached hydrogen (secondary N) is 1. The van der Waals surface area contributed by atoms with Crippen LogP contribution in [-0.2, 0) is 6.18 Å². The number of nitrogens with zero attached hydrogens (tertiary/aromatic N) is 2. The molecule has 1 N–H and O–H groups in total. The van der Waals surface area contributed by atoms with Gasteiger partial charge in [-0.25, -0.2) is 0 Å². The van der Waals surface area contributed by atoms with Crippen LogP contribution in [0.1, 0.15) is 53.8 Å². The highest BCUT2D eigenvalue weighted by Crippen LogP contribution is 2.37. The maximum absolute atomic E-state index is 13.2. The Morgan fingerprint density at radius 2 is 1.53 bits per heavy atom. The normalized spacial score (nSPS) is 15.9. The first-order valence-corrected chi connectivity index (χ1v) is 14.7. The number of benzene rings is 3. The Morgan fingerprint density at radius 1 is 0.907 bits per heavy atom. The molecule has 8 heteroatoms. The van der Waals surface area contributed by atoms with Crippen molar-refractivity contribution in [1.82, 2.24) is 15.2 Å². The van der Waals surface area contributed by atoms with Crippen molar-refractivity contribution in [1.29, 1.82) is 0 Å². The van der Waals surface area contributed by atoms with E-state index < -0.39 is 11.7 Å². The fraction of sp³-hybridized carbons (Fsp3) is 0.314. The Labute approximate surface area is 250 Å². The summed E-state index contributed by atoms with van der Waals surface area (Å²) in [4.78, 5) is 19.2. The molecule has 43 heavy (non-hydrogen) atoms. The standard InChI is InChI=1S/C35H36F3N3O2/c1-25(15-22-40-34(42)30-9-7-26(8-10-30)27-16-20-39-21-17-27)41-23-18-29(19-24-41)33(43-32-5-3-2-4-6-32)28-11-13-31(14-12-28)35(36,37)38/h2-14,16-17,20-21,25,29,33H,15,18-19,22-24H2,1H3,(H,40,42). The maximum Gasteiger partial charge on any atom is 0.416 e. The van der Waals surface area contributed by atoms with E-state index in [0.717, 1.165) is 61.2 Å². The van der Waals surface area contributed by atoms with Gasteiger partial charge in [-0.3, -0.25) is 9.78 Å². The molecule has 5 nitrogen and oxygen atoms in total. The lowest BCUT2D eigenvalue weighted by Gasteiger charge is -2.39. The lowest BCUT2D eigenvalue weighted by atomic mass is 9.86. The second-order valence-electron chi connectivity index (χ2n) is 11.1. The number of aromatic nitrogens is 1. The van der Waals surface area contributed by atoms with Gasteiger partial charge in [0.2, 0.25) is 0 Å². The number of ether oxygens (including phenoxy) is 1. The molecular formula is C35H36F3N3O2. The second kappa shape index (κ2) is 13.9. The predicted octanol–water partition coefficient (Wildman–Crippen LogP) is 7.81. The highest BCUT2D eigenvalue weighted by atomic mass is 19.4. The van der Waals surface area contributed by atoms with Crippen molar-refractivity contribution in [2.24, 2.45) is 5.92 Å². The van der Waals surface area contributed by atoms with Gasteiger partial charge < -0.3 is 15.0 Å². The van der Waals surface area contributed by atoms with Gasteiger partial charge in [0.1, 0.15) is 11.9 Å². The van der Waals surface area contributed by atoms with E-state index in [9.17, 15) is 18.0 Å². The molecule has 3 aromatic carbocycles. The molecule has 4 aromatic rings. The topological polar surface area (TPSA) is 54.5 Å². The number of carbonyl (C=O) groups excluding carboxylic acids is 1. The fourth-order valence-electron chi connectivity index (χ4n) is 5.64. The average molecular weight is 588 g/mol. The van der Waals surface area contributed by atoms with E-state index in [0.29, 0.717) is 17.9 Å². The van der Waals surface area contributed by atoms with Gasteiger partial charge in [0.05, 0.1) is 5.56 Å². The lowest BCUT2D eigenvalue weighted by molar-refractivity contribution is -0.137. The summed E-state index contributed by atoms with van der Waals surface area (Å²) >= 11 is 0. The maximum atomic E-state index is 13.2. The first kappa shape index (κ1) is 30.3. The average Bonchev–Trinajstić information content (AvgIpc) is 3.04. The van der Waals surface area contributed by atoms with Gasteiger partial charge in [-0.05, 0) is 104 Å². The molecule has 0 aliphatic carbocycles. The van der Waals surface area contributed by atoms with Gasteiger partial charge in [0, 0.05) is 36.5 Å². The number of likely N-dealkylation sites (tertiary alicyclic amines) is 1. The van der Waals surface area contributed by atoms with Crippen LogP contribution in [0.2, 0.25) is 0 Å². The number of alkyl halides is 3. The van der Waals surface area contributed by atoms with Crippen molar-refractivity contribution in [3.63, 3.8) is 0 Å². The number of amides is 1. The molecule has 1 aromatic heterocycles. The van der Waals surface area contributed by atoms with Gasteiger partial charge in [-0.1, -0.05) is 42.5 Å². The molecular weight excluding hydrogens is 551 g/mol. The Bertz CT molecular complexity index is 1440. The number of halogens is 3. The molecule has 0 bridgehead atoms. The summed E-state index contributed by atoms with van der Waals surface area (Å²) in [5, 5.41) is 3.04. The quantitative estimate of drug-likeness (QED) is 0.206. The third kappa shape index (κ3) is 8.02. The Kier molecular flexibility index (Phi) is 9.77. The minimum absolute atomic E-state index is 0.0929. The number of piperidine rings is 1. The highest BCUT2D eigenvalue weighted by molar-refractivity contribution is 5.94. The summed E-state index contributed by atoms with van der Waals surface area (Å²) in [6.07, 6.45) is 1.31. The van der Waals surface area contributed by atoms with E-state index >= 15 is 0 Å². The minimum atomic E-state index is -4.37. The van der Waals surface area contributed by atoms with Gasteiger partial charge in [-0.2, -0.15) is 13.2 Å². The minimum Gasteiger partial charge on any atom is -0.485 e. The molecule has 1 amide bonds. The third-order valence-electron chi connectivity index (χ3n) is 8.21. The first-order chi connectivity index (χ1) is 20.8. The molecule has 2 heterocycles. The highest BCUT2D eigenvalue weighted by Gasteiger charge is 2.33. The summed E-state index contributed by atoms with van der Waals surface area (Å²) in [6.45, 7) is 4.44. The van der Waals surface area contributed by atoms with Crippen molar-refractivity contribution in [2.45, 2.75) is 44.5 Å². The number of pyridine rings is 1. The number of hydrogen-bond acceptors (Lipinski definition) is 4. The van der Waals surface area contributed by atoms with Crippen molar-refractivity contribution in [3.8, 4) is 16.9 Å². The number of carbonyl (C=O) groups is 1. The summed E-state index contributed by atoms with van der Waals surface area (Å²) < 4.78 is 45.9. The number of hydrogen-bond donors (Lipinski definition) is 1. The largest absolute Gasteiger partial charge is 0.485 e. The molecule has 2 unspecified atom stereocenters. The summed E-state index contributed by atoms with van der Waals surface area (Å²) in [6, 6.07) is 26.5. The molecule has 5 rings (SSSR count). The predicted molar refractivity (Wildman–Crippen MR) is 162 cm³/mol. The van der Waals surface area contributed by atoms with E-state index in [4.69, 9.17) is 4.74 Å². The zero-order valence-corrected chi connectivity index (χ0v) is 24.1. The zero-order chi connectivity index (χ0) is 30.2. The van der Waals surface area contributed by atoms with Gasteiger partial charge in [0.25, 0.3) is 5.91 Å². The van der Waals surface area contributed by atoms with Crippen molar-refractivity contribution >= 4 is 5.91 Å². The van der Waals surface area contributed by atoms with Crippen LogP contribution in [-0.4, -0.2) is 41.5 Å². The van der Waals surface area contributed by atoms with E-state index in [2.05, 4.69) is 22.1 Å². The summed E-state index contributed by atoms with van der Waals surface area (Å²) in [5.74, 6) is 0.769. The summed E-state index contributed by atoms with van der Waals surface area (Å²) in [5.41, 5.74) is 2.80. The number of rotatable bonds is 10. The SMILES string of the molecule is CC(CCNC(=O)c1ccc(-c2ccncc2)cc1)N1CCC(C(Oc2ccccc2)c2ccc(C(F)(F)F)cc2)CC1.